The predicted molar refractivity (Wildman–Crippen MR) is 115 cm³/mol. The molecule has 0 amide bonds. The number of hydrogen-bond donors (Lipinski definition) is 0. The van der Waals surface area contributed by atoms with E-state index in [-0.39, 0.29) is 11.2 Å². The van der Waals surface area contributed by atoms with Gasteiger partial charge in [-0.3, -0.25) is 14.3 Å². The number of pyridine rings is 1. The summed E-state index contributed by atoms with van der Waals surface area (Å²) in [5.74, 6) is 1.12. The van der Waals surface area contributed by atoms with Crippen LogP contribution in [-0.4, -0.2) is 45.0 Å². The summed E-state index contributed by atoms with van der Waals surface area (Å²) >= 11 is 1.39. The number of Topliss-reactive ketones (excluding diaryl/α,β-unsaturated/α-hetero) is 1. The zero-order valence-corrected chi connectivity index (χ0v) is 18.1. The first-order chi connectivity index (χ1) is 13.9. The summed E-state index contributed by atoms with van der Waals surface area (Å²) < 4.78 is 7.22. The molecule has 0 spiro atoms. The van der Waals surface area contributed by atoms with E-state index in [2.05, 4.69) is 36.0 Å². The SMILES string of the molecule is COCCn1c(SCC(=O)c2ccc(C(C)(C)C)cc2)nnc1-c1ccncc1. The molecule has 3 rings (SSSR count). The lowest BCUT2D eigenvalue weighted by molar-refractivity contribution is 0.102. The quantitative estimate of drug-likeness (QED) is 0.408. The zero-order chi connectivity index (χ0) is 20.9. The van der Waals surface area contributed by atoms with Gasteiger partial charge in [0.2, 0.25) is 0 Å². The Morgan fingerprint density at radius 3 is 2.38 bits per heavy atom. The molecular weight excluding hydrogens is 384 g/mol. The number of nitrogens with zero attached hydrogens (tertiary/aromatic N) is 4. The van der Waals surface area contributed by atoms with Crippen molar-refractivity contribution >= 4 is 17.5 Å². The normalized spacial score (nSPS) is 11.6. The number of thioether (sulfide) groups is 1. The van der Waals surface area contributed by atoms with Crippen LogP contribution in [0, 0.1) is 0 Å². The summed E-state index contributed by atoms with van der Waals surface area (Å²) in [5.41, 5.74) is 2.92. The van der Waals surface area contributed by atoms with Gasteiger partial charge < -0.3 is 4.74 Å². The van der Waals surface area contributed by atoms with Crippen molar-refractivity contribution in [1.82, 2.24) is 19.7 Å². The van der Waals surface area contributed by atoms with Gasteiger partial charge in [-0.15, -0.1) is 10.2 Å². The number of carbonyl (C=O) groups is 1. The Labute approximate surface area is 175 Å². The molecule has 0 N–H and O–H groups in total. The van der Waals surface area contributed by atoms with Gasteiger partial charge >= 0.3 is 0 Å². The monoisotopic (exact) mass is 410 g/mol. The maximum atomic E-state index is 12.7. The highest BCUT2D eigenvalue weighted by molar-refractivity contribution is 7.99. The second kappa shape index (κ2) is 9.33. The average Bonchev–Trinajstić information content (AvgIpc) is 3.13. The molecule has 2 aromatic heterocycles. The van der Waals surface area contributed by atoms with Gasteiger partial charge in [-0.25, -0.2) is 0 Å². The lowest BCUT2D eigenvalue weighted by atomic mass is 9.86. The minimum atomic E-state index is 0.0669. The summed E-state index contributed by atoms with van der Waals surface area (Å²) in [6.45, 7) is 7.62. The third-order valence-corrected chi connectivity index (χ3v) is 5.55. The number of aromatic nitrogens is 4. The fourth-order valence-electron chi connectivity index (χ4n) is 2.86. The molecule has 1 aromatic carbocycles. The lowest BCUT2D eigenvalue weighted by Crippen LogP contribution is -2.12. The molecule has 0 aliphatic heterocycles. The molecular formula is C22H26N4O2S. The fourth-order valence-corrected chi connectivity index (χ4v) is 3.72. The van der Waals surface area contributed by atoms with Gasteiger partial charge in [-0.1, -0.05) is 56.8 Å². The largest absolute Gasteiger partial charge is 0.383 e. The van der Waals surface area contributed by atoms with Crippen molar-refractivity contribution < 1.29 is 9.53 Å². The predicted octanol–water partition coefficient (Wildman–Crippen LogP) is 4.26. The Hall–Kier alpha value is -2.51. The fraction of sp³-hybridized carbons (Fsp3) is 0.364. The van der Waals surface area contributed by atoms with E-state index in [0.717, 1.165) is 11.4 Å². The van der Waals surface area contributed by atoms with Crippen molar-refractivity contribution in [2.45, 2.75) is 37.9 Å². The van der Waals surface area contributed by atoms with Crippen LogP contribution in [0.4, 0.5) is 0 Å². The molecule has 0 saturated carbocycles. The van der Waals surface area contributed by atoms with Crippen LogP contribution >= 0.6 is 11.8 Å². The Morgan fingerprint density at radius 2 is 1.76 bits per heavy atom. The molecule has 0 fully saturated rings. The molecule has 0 atom stereocenters. The van der Waals surface area contributed by atoms with E-state index in [9.17, 15) is 4.79 Å². The number of carbonyl (C=O) groups excluding carboxylic acids is 1. The molecule has 6 nitrogen and oxygen atoms in total. The van der Waals surface area contributed by atoms with Crippen LogP contribution in [-0.2, 0) is 16.7 Å². The van der Waals surface area contributed by atoms with Gasteiger partial charge in [0, 0.05) is 30.6 Å². The van der Waals surface area contributed by atoms with Gasteiger partial charge in [0.15, 0.2) is 16.8 Å². The third-order valence-electron chi connectivity index (χ3n) is 4.58. The summed E-state index contributed by atoms with van der Waals surface area (Å²) in [6.07, 6.45) is 3.45. The van der Waals surface area contributed by atoms with Crippen molar-refractivity contribution in [3.05, 3.63) is 59.9 Å². The van der Waals surface area contributed by atoms with Crippen LogP contribution in [0.5, 0.6) is 0 Å². The smallest absolute Gasteiger partial charge is 0.192 e. The van der Waals surface area contributed by atoms with E-state index >= 15 is 0 Å². The van der Waals surface area contributed by atoms with E-state index in [1.807, 2.05) is 41.0 Å². The number of methoxy groups -OCH3 is 1. The van der Waals surface area contributed by atoms with Crippen LogP contribution in [0.25, 0.3) is 11.4 Å². The molecule has 0 unspecified atom stereocenters. The first-order valence-electron chi connectivity index (χ1n) is 9.49. The second-order valence-electron chi connectivity index (χ2n) is 7.73. The molecule has 0 bridgehead atoms. The van der Waals surface area contributed by atoms with Gasteiger partial charge in [-0.05, 0) is 23.1 Å². The molecule has 0 aliphatic carbocycles. The van der Waals surface area contributed by atoms with Crippen molar-refractivity contribution in [3.63, 3.8) is 0 Å². The molecule has 29 heavy (non-hydrogen) atoms. The highest BCUT2D eigenvalue weighted by Gasteiger charge is 2.17. The van der Waals surface area contributed by atoms with Crippen LogP contribution in [0.3, 0.4) is 0 Å². The maximum absolute atomic E-state index is 12.7. The Bertz CT molecular complexity index is 947. The van der Waals surface area contributed by atoms with E-state index in [1.54, 1.807) is 19.5 Å². The van der Waals surface area contributed by atoms with Gasteiger partial charge in [-0.2, -0.15) is 0 Å². The van der Waals surface area contributed by atoms with Crippen molar-refractivity contribution in [1.29, 1.82) is 0 Å². The average molecular weight is 411 g/mol. The molecule has 2 heterocycles. The summed E-state index contributed by atoms with van der Waals surface area (Å²) in [6, 6.07) is 11.7. The first kappa shape index (κ1) is 21.2. The first-order valence-corrected chi connectivity index (χ1v) is 10.5. The van der Waals surface area contributed by atoms with Gasteiger partial charge in [0.05, 0.1) is 18.9 Å². The van der Waals surface area contributed by atoms with Crippen LogP contribution in [0.15, 0.2) is 53.9 Å². The molecule has 152 valence electrons. The molecule has 0 aliphatic rings. The van der Waals surface area contributed by atoms with Gasteiger partial charge in [0.25, 0.3) is 0 Å². The minimum absolute atomic E-state index is 0.0669. The van der Waals surface area contributed by atoms with Crippen molar-refractivity contribution in [2.75, 3.05) is 19.5 Å². The van der Waals surface area contributed by atoms with Crippen LogP contribution in [0.2, 0.25) is 0 Å². The Balaban J connectivity index is 1.74. The number of rotatable bonds is 8. The standard InChI is InChI=1S/C22H26N4O2S/c1-22(2,3)18-7-5-16(6-8-18)19(27)15-29-21-25-24-20(26(21)13-14-28-4)17-9-11-23-12-10-17/h5-12H,13-15H2,1-4H3. The highest BCUT2D eigenvalue weighted by Crippen LogP contribution is 2.25. The third kappa shape index (κ3) is 5.31. The number of ketones is 1. The molecule has 0 saturated heterocycles. The van der Waals surface area contributed by atoms with Crippen LogP contribution < -0.4 is 0 Å². The lowest BCUT2D eigenvalue weighted by Gasteiger charge is -2.18. The van der Waals surface area contributed by atoms with E-state index in [1.165, 1.54) is 17.3 Å². The Morgan fingerprint density at radius 1 is 1.07 bits per heavy atom. The van der Waals surface area contributed by atoms with Crippen LogP contribution in [0.1, 0.15) is 36.7 Å². The van der Waals surface area contributed by atoms with Gasteiger partial charge in [0.1, 0.15) is 0 Å². The van der Waals surface area contributed by atoms with E-state index in [0.29, 0.717) is 29.6 Å². The molecule has 0 radical (unpaired) electrons. The summed E-state index contributed by atoms with van der Waals surface area (Å²) in [7, 11) is 1.66. The van der Waals surface area contributed by atoms with E-state index < -0.39 is 0 Å². The minimum Gasteiger partial charge on any atom is -0.383 e. The number of hydrogen-bond acceptors (Lipinski definition) is 6. The maximum Gasteiger partial charge on any atom is 0.192 e. The molecule has 7 heteroatoms. The number of ether oxygens (including phenoxy) is 1. The van der Waals surface area contributed by atoms with Crippen molar-refractivity contribution in [3.8, 4) is 11.4 Å². The van der Waals surface area contributed by atoms with E-state index in [4.69, 9.17) is 4.74 Å². The second-order valence-corrected chi connectivity index (χ2v) is 8.67. The topological polar surface area (TPSA) is 69.9 Å². The summed E-state index contributed by atoms with van der Waals surface area (Å²) in [4.78, 5) is 16.7. The highest BCUT2D eigenvalue weighted by atomic mass is 32.2. The number of benzene rings is 1. The Kier molecular flexibility index (Phi) is 6.82. The molecule has 3 aromatic rings. The summed E-state index contributed by atoms with van der Waals surface area (Å²) in [5, 5.41) is 9.33. The zero-order valence-electron chi connectivity index (χ0n) is 17.3. The van der Waals surface area contributed by atoms with Crippen molar-refractivity contribution in [2.24, 2.45) is 0 Å².